The molecule has 0 saturated heterocycles. The second-order valence-corrected chi connectivity index (χ2v) is 5.64. The Kier molecular flexibility index (Phi) is 5.62. The SMILES string of the molecule is CC(C)(CNCCCCN)C1CCCC1. The van der Waals surface area contributed by atoms with E-state index in [2.05, 4.69) is 19.2 Å². The van der Waals surface area contributed by atoms with Gasteiger partial charge in [-0.05, 0) is 50.1 Å². The molecule has 0 bridgehead atoms. The summed E-state index contributed by atoms with van der Waals surface area (Å²) >= 11 is 0. The molecule has 2 nitrogen and oxygen atoms in total. The average Bonchev–Trinajstić information content (AvgIpc) is 2.70. The highest BCUT2D eigenvalue weighted by Gasteiger charge is 2.30. The largest absolute Gasteiger partial charge is 0.330 e. The van der Waals surface area contributed by atoms with Gasteiger partial charge in [0.05, 0.1) is 0 Å². The molecular weight excluding hydrogens is 184 g/mol. The highest BCUT2D eigenvalue weighted by molar-refractivity contribution is 4.83. The lowest BCUT2D eigenvalue weighted by atomic mass is 9.78. The molecule has 1 aliphatic rings. The molecule has 0 atom stereocenters. The Bertz CT molecular complexity index is 160. The minimum atomic E-state index is 0.485. The van der Waals surface area contributed by atoms with Crippen molar-refractivity contribution in [2.24, 2.45) is 17.1 Å². The second kappa shape index (κ2) is 6.49. The van der Waals surface area contributed by atoms with Crippen LogP contribution in [-0.4, -0.2) is 19.6 Å². The van der Waals surface area contributed by atoms with Gasteiger partial charge in [-0.1, -0.05) is 26.7 Å². The van der Waals surface area contributed by atoms with Crippen molar-refractivity contribution in [1.29, 1.82) is 0 Å². The van der Waals surface area contributed by atoms with Gasteiger partial charge in [-0.15, -0.1) is 0 Å². The zero-order chi connectivity index (χ0) is 11.1. The molecule has 0 aromatic carbocycles. The lowest BCUT2D eigenvalue weighted by molar-refractivity contribution is 0.208. The minimum Gasteiger partial charge on any atom is -0.330 e. The quantitative estimate of drug-likeness (QED) is 0.636. The molecular formula is C13H28N2. The van der Waals surface area contributed by atoms with Gasteiger partial charge in [0.2, 0.25) is 0 Å². The van der Waals surface area contributed by atoms with E-state index < -0.39 is 0 Å². The van der Waals surface area contributed by atoms with E-state index in [1.807, 2.05) is 0 Å². The van der Waals surface area contributed by atoms with Crippen molar-refractivity contribution in [3.8, 4) is 0 Å². The Morgan fingerprint density at radius 2 is 1.87 bits per heavy atom. The predicted molar refractivity (Wildman–Crippen MR) is 66.9 cm³/mol. The minimum absolute atomic E-state index is 0.485. The van der Waals surface area contributed by atoms with Gasteiger partial charge in [-0.25, -0.2) is 0 Å². The summed E-state index contributed by atoms with van der Waals surface area (Å²) in [6.07, 6.45) is 8.14. The van der Waals surface area contributed by atoms with Crippen LogP contribution < -0.4 is 11.1 Å². The molecule has 3 N–H and O–H groups in total. The fourth-order valence-corrected chi connectivity index (χ4v) is 2.66. The Labute approximate surface area is 95.0 Å². The van der Waals surface area contributed by atoms with Crippen LogP contribution in [0.15, 0.2) is 0 Å². The van der Waals surface area contributed by atoms with E-state index in [9.17, 15) is 0 Å². The van der Waals surface area contributed by atoms with Gasteiger partial charge in [-0.3, -0.25) is 0 Å². The normalized spacial score (nSPS) is 18.6. The molecule has 90 valence electrons. The van der Waals surface area contributed by atoms with Crippen molar-refractivity contribution in [2.45, 2.75) is 52.4 Å². The molecule has 15 heavy (non-hydrogen) atoms. The first-order valence-electron chi connectivity index (χ1n) is 6.57. The second-order valence-electron chi connectivity index (χ2n) is 5.64. The number of rotatable bonds is 7. The molecule has 0 radical (unpaired) electrons. The van der Waals surface area contributed by atoms with Crippen LogP contribution in [0.2, 0.25) is 0 Å². The van der Waals surface area contributed by atoms with Gasteiger partial charge in [0.1, 0.15) is 0 Å². The van der Waals surface area contributed by atoms with Crippen molar-refractivity contribution < 1.29 is 0 Å². The summed E-state index contributed by atoms with van der Waals surface area (Å²) in [5.74, 6) is 0.944. The van der Waals surface area contributed by atoms with Crippen LogP contribution >= 0.6 is 0 Å². The Morgan fingerprint density at radius 1 is 1.20 bits per heavy atom. The number of unbranched alkanes of at least 4 members (excludes halogenated alkanes) is 1. The molecule has 0 aliphatic heterocycles. The van der Waals surface area contributed by atoms with Gasteiger partial charge in [-0.2, -0.15) is 0 Å². The summed E-state index contributed by atoms with van der Waals surface area (Å²) in [7, 11) is 0. The fourth-order valence-electron chi connectivity index (χ4n) is 2.66. The maximum Gasteiger partial charge on any atom is 0.000517 e. The van der Waals surface area contributed by atoms with Crippen LogP contribution in [-0.2, 0) is 0 Å². The van der Waals surface area contributed by atoms with E-state index >= 15 is 0 Å². The molecule has 0 spiro atoms. The number of hydrogen-bond donors (Lipinski definition) is 2. The van der Waals surface area contributed by atoms with E-state index in [0.717, 1.165) is 25.4 Å². The first-order chi connectivity index (χ1) is 7.17. The van der Waals surface area contributed by atoms with Crippen LogP contribution in [0.5, 0.6) is 0 Å². The number of nitrogens with two attached hydrogens (primary N) is 1. The summed E-state index contributed by atoms with van der Waals surface area (Å²) in [6.45, 7) is 7.96. The van der Waals surface area contributed by atoms with Gasteiger partial charge >= 0.3 is 0 Å². The molecule has 0 unspecified atom stereocenters. The lowest BCUT2D eigenvalue weighted by Gasteiger charge is -2.32. The molecule has 1 saturated carbocycles. The van der Waals surface area contributed by atoms with Crippen molar-refractivity contribution in [1.82, 2.24) is 5.32 Å². The zero-order valence-corrected chi connectivity index (χ0v) is 10.5. The number of hydrogen-bond acceptors (Lipinski definition) is 2. The third-order valence-electron chi connectivity index (χ3n) is 3.85. The van der Waals surface area contributed by atoms with Gasteiger partial charge in [0.15, 0.2) is 0 Å². The zero-order valence-electron chi connectivity index (χ0n) is 10.5. The smallest absolute Gasteiger partial charge is 0.000517 e. The summed E-state index contributed by atoms with van der Waals surface area (Å²) in [5.41, 5.74) is 5.95. The molecule has 0 aromatic heterocycles. The Hall–Kier alpha value is -0.0800. The average molecular weight is 212 g/mol. The third kappa shape index (κ3) is 4.52. The van der Waals surface area contributed by atoms with Crippen LogP contribution in [0.25, 0.3) is 0 Å². The van der Waals surface area contributed by atoms with Crippen LogP contribution in [0, 0.1) is 11.3 Å². The predicted octanol–water partition coefficient (Wildman–Crippen LogP) is 2.53. The van der Waals surface area contributed by atoms with Crippen molar-refractivity contribution in [2.75, 3.05) is 19.6 Å². The molecule has 1 aliphatic carbocycles. The van der Waals surface area contributed by atoms with E-state index in [4.69, 9.17) is 5.73 Å². The van der Waals surface area contributed by atoms with Crippen LogP contribution in [0.3, 0.4) is 0 Å². The topological polar surface area (TPSA) is 38.0 Å². The van der Waals surface area contributed by atoms with Crippen molar-refractivity contribution in [3.63, 3.8) is 0 Å². The Balaban J connectivity index is 2.12. The van der Waals surface area contributed by atoms with Gasteiger partial charge < -0.3 is 11.1 Å². The van der Waals surface area contributed by atoms with Crippen molar-refractivity contribution in [3.05, 3.63) is 0 Å². The Morgan fingerprint density at radius 3 is 2.47 bits per heavy atom. The van der Waals surface area contributed by atoms with E-state index in [0.29, 0.717) is 5.41 Å². The van der Waals surface area contributed by atoms with Crippen LogP contribution in [0.4, 0.5) is 0 Å². The van der Waals surface area contributed by atoms with E-state index in [-0.39, 0.29) is 0 Å². The third-order valence-corrected chi connectivity index (χ3v) is 3.85. The molecule has 1 rings (SSSR count). The molecule has 2 heteroatoms. The summed E-state index contributed by atoms with van der Waals surface area (Å²) in [4.78, 5) is 0. The first-order valence-corrected chi connectivity index (χ1v) is 6.57. The van der Waals surface area contributed by atoms with Gasteiger partial charge in [0, 0.05) is 6.54 Å². The monoisotopic (exact) mass is 212 g/mol. The molecule has 0 aromatic rings. The lowest BCUT2D eigenvalue weighted by Crippen LogP contribution is -2.35. The molecule has 0 heterocycles. The van der Waals surface area contributed by atoms with Crippen molar-refractivity contribution >= 4 is 0 Å². The first kappa shape index (κ1) is 13.0. The van der Waals surface area contributed by atoms with E-state index in [1.54, 1.807) is 0 Å². The summed E-state index contributed by atoms with van der Waals surface area (Å²) in [6, 6.07) is 0. The fraction of sp³-hybridized carbons (Fsp3) is 1.00. The van der Waals surface area contributed by atoms with E-state index in [1.165, 1.54) is 38.6 Å². The highest BCUT2D eigenvalue weighted by atomic mass is 14.9. The summed E-state index contributed by atoms with van der Waals surface area (Å²) < 4.78 is 0. The number of nitrogens with one attached hydrogen (secondary N) is 1. The standard InChI is InChI=1S/C13H28N2/c1-13(2,12-7-3-4-8-12)11-15-10-6-5-9-14/h12,15H,3-11,14H2,1-2H3. The van der Waals surface area contributed by atoms with Crippen LogP contribution in [0.1, 0.15) is 52.4 Å². The van der Waals surface area contributed by atoms with Gasteiger partial charge in [0.25, 0.3) is 0 Å². The summed E-state index contributed by atoms with van der Waals surface area (Å²) in [5, 5.41) is 3.58. The highest BCUT2D eigenvalue weighted by Crippen LogP contribution is 2.38. The maximum absolute atomic E-state index is 5.47. The molecule has 0 amide bonds. The molecule has 1 fully saturated rings. The maximum atomic E-state index is 5.47.